The highest BCUT2D eigenvalue weighted by Crippen LogP contribution is 2.21. The Balaban J connectivity index is 1.81. The molecule has 2 saturated heterocycles. The Morgan fingerprint density at radius 2 is 1.81 bits per heavy atom. The Labute approximate surface area is 97.8 Å². The van der Waals surface area contributed by atoms with Crippen LogP contribution in [0.3, 0.4) is 0 Å². The van der Waals surface area contributed by atoms with E-state index in [4.69, 9.17) is 14.2 Å². The largest absolute Gasteiger partial charge is 0.364 e. The molecule has 4 atom stereocenters. The van der Waals surface area contributed by atoms with Gasteiger partial charge in [-0.2, -0.15) is 0 Å². The second-order valence-corrected chi connectivity index (χ2v) is 5.57. The molecule has 0 aromatic heterocycles. The van der Waals surface area contributed by atoms with Crippen molar-refractivity contribution in [3.05, 3.63) is 0 Å². The fraction of sp³-hybridized carbons (Fsp3) is 1.00. The van der Waals surface area contributed by atoms with Gasteiger partial charge in [0.05, 0.1) is 6.61 Å². The van der Waals surface area contributed by atoms with Crippen molar-refractivity contribution in [1.29, 1.82) is 0 Å². The Bertz CT molecular complexity index is 234. The third-order valence-electron chi connectivity index (χ3n) is 3.20. The topological polar surface area (TPSA) is 32.1 Å². The molecule has 0 aliphatic carbocycles. The average Bonchev–Trinajstić information content (AvgIpc) is 2.43. The van der Waals surface area contributed by atoms with E-state index in [0.717, 1.165) is 26.2 Å². The number of hydrogen-bond donors (Lipinski definition) is 1. The SMILES string of the molecule is C[C@@H]1C[NH+](C[C@@H]2COC(C)(C)O2)C[C@H](C)O1. The van der Waals surface area contributed by atoms with Gasteiger partial charge in [0.1, 0.15) is 37.9 Å². The number of quaternary nitrogens is 1. The molecule has 0 saturated carbocycles. The number of morpholine rings is 1. The van der Waals surface area contributed by atoms with Crippen molar-refractivity contribution in [3.63, 3.8) is 0 Å². The van der Waals surface area contributed by atoms with Gasteiger partial charge >= 0.3 is 0 Å². The minimum Gasteiger partial charge on any atom is -0.364 e. The standard InChI is InChI=1S/C12H23NO3/c1-9-5-13(6-10(2)15-9)7-11-8-14-12(3,4)16-11/h9-11H,5-8H2,1-4H3/p+1/t9-,10+,11-/m1/s1. The van der Waals surface area contributed by atoms with Crippen LogP contribution < -0.4 is 4.90 Å². The zero-order valence-electron chi connectivity index (χ0n) is 10.8. The first kappa shape index (κ1) is 12.3. The quantitative estimate of drug-likeness (QED) is 0.715. The molecule has 4 nitrogen and oxygen atoms in total. The van der Waals surface area contributed by atoms with Crippen molar-refractivity contribution >= 4 is 0 Å². The summed E-state index contributed by atoms with van der Waals surface area (Å²) in [6.07, 6.45) is 0.950. The van der Waals surface area contributed by atoms with Gasteiger partial charge in [-0.3, -0.25) is 0 Å². The van der Waals surface area contributed by atoms with E-state index in [1.165, 1.54) is 0 Å². The van der Waals surface area contributed by atoms with Crippen molar-refractivity contribution in [2.24, 2.45) is 0 Å². The first-order valence-corrected chi connectivity index (χ1v) is 6.25. The van der Waals surface area contributed by atoms with Crippen LogP contribution in [0.5, 0.6) is 0 Å². The maximum atomic E-state index is 5.84. The number of hydrogen-bond acceptors (Lipinski definition) is 3. The van der Waals surface area contributed by atoms with Crippen molar-refractivity contribution in [3.8, 4) is 0 Å². The molecule has 0 spiro atoms. The van der Waals surface area contributed by atoms with Gasteiger partial charge in [-0.25, -0.2) is 0 Å². The lowest BCUT2D eigenvalue weighted by Crippen LogP contribution is -3.16. The molecular formula is C12H24NO3+. The highest BCUT2D eigenvalue weighted by atomic mass is 16.7. The smallest absolute Gasteiger partial charge is 0.163 e. The zero-order valence-corrected chi connectivity index (χ0v) is 10.8. The third kappa shape index (κ3) is 3.17. The maximum absolute atomic E-state index is 5.84. The number of nitrogens with one attached hydrogen (secondary N) is 1. The second-order valence-electron chi connectivity index (χ2n) is 5.57. The normalized spacial score (nSPS) is 43.5. The van der Waals surface area contributed by atoms with Crippen LogP contribution in [0.1, 0.15) is 27.7 Å². The molecule has 2 rings (SSSR count). The van der Waals surface area contributed by atoms with E-state index >= 15 is 0 Å². The van der Waals surface area contributed by atoms with Crippen molar-refractivity contribution in [2.75, 3.05) is 26.2 Å². The molecule has 0 amide bonds. The Kier molecular flexibility index (Phi) is 3.54. The van der Waals surface area contributed by atoms with E-state index in [9.17, 15) is 0 Å². The summed E-state index contributed by atoms with van der Waals surface area (Å²) in [6, 6.07) is 0. The van der Waals surface area contributed by atoms with Gasteiger partial charge < -0.3 is 19.1 Å². The van der Waals surface area contributed by atoms with Crippen LogP contribution >= 0.6 is 0 Å². The van der Waals surface area contributed by atoms with Gasteiger partial charge in [0.25, 0.3) is 0 Å². The predicted molar refractivity (Wildman–Crippen MR) is 60.5 cm³/mol. The molecule has 2 fully saturated rings. The highest BCUT2D eigenvalue weighted by Gasteiger charge is 2.36. The minimum absolute atomic E-state index is 0.238. The molecule has 1 unspecified atom stereocenters. The molecule has 1 N–H and O–H groups in total. The van der Waals surface area contributed by atoms with Crippen LogP contribution in [0.2, 0.25) is 0 Å². The third-order valence-corrected chi connectivity index (χ3v) is 3.20. The molecule has 0 aromatic rings. The summed E-state index contributed by atoms with van der Waals surface area (Å²) >= 11 is 0. The first-order chi connectivity index (χ1) is 7.44. The summed E-state index contributed by atoms with van der Waals surface area (Å²) in [7, 11) is 0. The summed E-state index contributed by atoms with van der Waals surface area (Å²) in [6.45, 7) is 12.1. The summed E-state index contributed by atoms with van der Waals surface area (Å²) < 4.78 is 17.1. The lowest BCUT2D eigenvalue weighted by molar-refractivity contribution is -0.917. The molecule has 4 heteroatoms. The van der Waals surface area contributed by atoms with Crippen LogP contribution in [0.4, 0.5) is 0 Å². The second kappa shape index (κ2) is 4.61. The van der Waals surface area contributed by atoms with Gasteiger partial charge in [-0.05, 0) is 27.7 Å². The first-order valence-electron chi connectivity index (χ1n) is 6.25. The van der Waals surface area contributed by atoms with Gasteiger partial charge in [0, 0.05) is 0 Å². The molecular weight excluding hydrogens is 206 g/mol. The van der Waals surface area contributed by atoms with Crippen LogP contribution in [-0.2, 0) is 14.2 Å². The van der Waals surface area contributed by atoms with Gasteiger partial charge in [0.2, 0.25) is 0 Å². The molecule has 2 aliphatic heterocycles. The Morgan fingerprint density at radius 3 is 2.31 bits per heavy atom. The summed E-state index contributed by atoms with van der Waals surface area (Å²) in [5, 5.41) is 0. The fourth-order valence-corrected chi connectivity index (χ4v) is 2.74. The zero-order chi connectivity index (χ0) is 11.8. The Morgan fingerprint density at radius 1 is 1.19 bits per heavy atom. The minimum atomic E-state index is -0.395. The number of ether oxygens (including phenoxy) is 3. The molecule has 2 heterocycles. The lowest BCUT2D eigenvalue weighted by atomic mass is 10.2. The number of rotatable bonds is 2. The van der Waals surface area contributed by atoms with E-state index in [-0.39, 0.29) is 6.10 Å². The molecule has 0 bridgehead atoms. The predicted octanol–water partition coefficient (Wildman–Crippen LogP) is -0.170. The Hall–Kier alpha value is -0.160. The maximum Gasteiger partial charge on any atom is 0.163 e. The molecule has 0 radical (unpaired) electrons. The van der Waals surface area contributed by atoms with E-state index in [2.05, 4.69) is 13.8 Å². The van der Waals surface area contributed by atoms with Crippen LogP contribution in [0.25, 0.3) is 0 Å². The van der Waals surface area contributed by atoms with Crippen molar-refractivity contribution < 1.29 is 19.1 Å². The average molecular weight is 230 g/mol. The molecule has 94 valence electrons. The van der Waals surface area contributed by atoms with Gasteiger partial charge in [-0.1, -0.05) is 0 Å². The molecule has 0 aromatic carbocycles. The van der Waals surface area contributed by atoms with E-state index in [1.807, 2.05) is 13.8 Å². The summed E-state index contributed by atoms with van der Waals surface area (Å²) in [4.78, 5) is 1.57. The summed E-state index contributed by atoms with van der Waals surface area (Å²) in [5.74, 6) is -0.395. The highest BCUT2D eigenvalue weighted by molar-refractivity contribution is 4.70. The van der Waals surface area contributed by atoms with E-state index < -0.39 is 5.79 Å². The van der Waals surface area contributed by atoms with Crippen molar-refractivity contribution in [2.45, 2.75) is 51.8 Å². The summed E-state index contributed by atoms with van der Waals surface area (Å²) in [5.41, 5.74) is 0. The van der Waals surface area contributed by atoms with E-state index in [0.29, 0.717) is 12.2 Å². The van der Waals surface area contributed by atoms with Crippen molar-refractivity contribution in [1.82, 2.24) is 0 Å². The van der Waals surface area contributed by atoms with Crippen LogP contribution in [0.15, 0.2) is 0 Å². The van der Waals surface area contributed by atoms with Crippen LogP contribution in [-0.4, -0.2) is 50.3 Å². The monoisotopic (exact) mass is 230 g/mol. The van der Waals surface area contributed by atoms with Crippen LogP contribution in [0, 0.1) is 0 Å². The van der Waals surface area contributed by atoms with Gasteiger partial charge in [0.15, 0.2) is 5.79 Å². The van der Waals surface area contributed by atoms with Gasteiger partial charge in [-0.15, -0.1) is 0 Å². The van der Waals surface area contributed by atoms with E-state index in [1.54, 1.807) is 4.90 Å². The molecule has 16 heavy (non-hydrogen) atoms. The lowest BCUT2D eigenvalue weighted by Gasteiger charge is -2.33. The fourth-order valence-electron chi connectivity index (χ4n) is 2.74. The molecule has 2 aliphatic rings.